The molecule has 1 saturated carbocycles. The molecule has 1 aromatic heterocycles. The van der Waals surface area contributed by atoms with Crippen LogP contribution in [-0.2, 0) is 0 Å². The molecule has 1 aliphatic carbocycles. The molecule has 2 aliphatic rings. The van der Waals surface area contributed by atoms with Crippen LogP contribution in [0.4, 0.5) is 0 Å². The standard InChI is InChI=1S/C15H21NOS/c1-12-6-11-18-13(12)14(17)15(7-2-3-8-15)16-9-4-5-10-16/h6,11H,2-5,7-10H2,1H3. The van der Waals surface area contributed by atoms with Gasteiger partial charge in [0, 0.05) is 0 Å². The van der Waals surface area contributed by atoms with E-state index in [-0.39, 0.29) is 5.54 Å². The van der Waals surface area contributed by atoms with E-state index in [1.54, 1.807) is 11.3 Å². The number of hydrogen-bond acceptors (Lipinski definition) is 3. The highest BCUT2D eigenvalue weighted by atomic mass is 32.1. The SMILES string of the molecule is Cc1ccsc1C(=O)C1(N2CCCC2)CCCC1. The maximum atomic E-state index is 13.0. The van der Waals surface area contributed by atoms with Gasteiger partial charge in [-0.05, 0) is 62.7 Å². The zero-order chi connectivity index (χ0) is 12.6. The number of ketones is 1. The second-order valence-electron chi connectivity index (χ2n) is 5.69. The molecule has 0 amide bonds. The number of likely N-dealkylation sites (tertiary alicyclic amines) is 1. The van der Waals surface area contributed by atoms with Crippen LogP contribution in [0.5, 0.6) is 0 Å². The first kappa shape index (κ1) is 12.4. The molecule has 0 aromatic carbocycles. The average molecular weight is 263 g/mol. The topological polar surface area (TPSA) is 20.3 Å². The molecular weight excluding hydrogens is 242 g/mol. The van der Waals surface area contributed by atoms with Crippen molar-refractivity contribution in [1.29, 1.82) is 0 Å². The first-order valence-corrected chi connectivity index (χ1v) is 7.96. The molecule has 1 saturated heterocycles. The molecule has 3 rings (SSSR count). The van der Waals surface area contributed by atoms with E-state index in [1.807, 2.05) is 0 Å². The number of carbonyl (C=O) groups excluding carboxylic acids is 1. The number of carbonyl (C=O) groups is 1. The molecule has 1 aliphatic heterocycles. The highest BCUT2D eigenvalue weighted by molar-refractivity contribution is 7.12. The van der Waals surface area contributed by atoms with E-state index in [4.69, 9.17) is 0 Å². The molecule has 18 heavy (non-hydrogen) atoms. The lowest BCUT2D eigenvalue weighted by Crippen LogP contribution is -2.51. The van der Waals surface area contributed by atoms with Crippen molar-refractivity contribution in [3.63, 3.8) is 0 Å². The largest absolute Gasteiger partial charge is 0.291 e. The minimum Gasteiger partial charge on any atom is -0.291 e. The van der Waals surface area contributed by atoms with E-state index in [2.05, 4.69) is 23.3 Å². The zero-order valence-electron chi connectivity index (χ0n) is 11.1. The first-order valence-electron chi connectivity index (χ1n) is 7.08. The summed E-state index contributed by atoms with van der Waals surface area (Å²) in [7, 11) is 0. The van der Waals surface area contributed by atoms with E-state index in [1.165, 1.54) is 25.7 Å². The lowest BCUT2D eigenvalue weighted by molar-refractivity contribution is 0.0630. The number of thiophene rings is 1. The highest BCUT2D eigenvalue weighted by Gasteiger charge is 2.47. The Morgan fingerprint density at radius 1 is 1.22 bits per heavy atom. The van der Waals surface area contributed by atoms with Crippen LogP contribution in [0.1, 0.15) is 53.8 Å². The summed E-state index contributed by atoms with van der Waals surface area (Å²) in [6, 6.07) is 2.07. The molecule has 2 fully saturated rings. The molecular formula is C15H21NOS. The summed E-state index contributed by atoms with van der Waals surface area (Å²) in [5.74, 6) is 0.411. The molecule has 0 bridgehead atoms. The number of aryl methyl sites for hydroxylation is 1. The van der Waals surface area contributed by atoms with Gasteiger partial charge in [-0.25, -0.2) is 0 Å². The monoisotopic (exact) mass is 263 g/mol. The average Bonchev–Trinajstić information content (AvgIpc) is 3.10. The van der Waals surface area contributed by atoms with Crippen LogP contribution < -0.4 is 0 Å². The number of hydrogen-bond donors (Lipinski definition) is 0. The van der Waals surface area contributed by atoms with Gasteiger partial charge < -0.3 is 0 Å². The van der Waals surface area contributed by atoms with Gasteiger partial charge in [-0.3, -0.25) is 9.69 Å². The Hall–Kier alpha value is -0.670. The van der Waals surface area contributed by atoms with Gasteiger partial charge in [0.1, 0.15) is 0 Å². The molecule has 2 nitrogen and oxygen atoms in total. The summed E-state index contributed by atoms with van der Waals surface area (Å²) >= 11 is 1.63. The van der Waals surface area contributed by atoms with Crippen LogP contribution in [0.25, 0.3) is 0 Å². The molecule has 0 unspecified atom stereocenters. The maximum absolute atomic E-state index is 13.0. The smallest absolute Gasteiger partial charge is 0.193 e. The molecule has 98 valence electrons. The fourth-order valence-electron chi connectivity index (χ4n) is 3.61. The maximum Gasteiger partial charge on any atom is 0.193 e. The third kappa shape index (κ3) is 1.84. The van der Waals surface area contributed by atoms with E-state index in [9.17, 15) is 4.79 Å². The van der Waals surface area contributed by atoms with Gasteiger partial charge in [0.2, 0.25) is 0 Å². The summed E-state index contributed by atoms with van der Waals surface area (Å²) in [6.07, 6.45) is 7.10. The third-order valence-corrected chi connectivity index (χ3v) is 5.65. The normalized spacial score (nSPS) is 23.6. The van der Waals surface area contributed by atoms with E-state index in [0.29, 0.717) is 5.78 Å². The summed E-state index contributed by atoms with van der Waals surface area (Å²) in [6.45, 7) is 4.31. The van der Waals surface area contributed by atoms with Crippen molar-refractivity contribution >= 4 is 17.1 Å². The summed E-state index contributed by atoms with van der Waals surface area (Å²) < 4.78 is 0. The Morgan fingerprint density at radius 2 is 1.89 bits per heavy atom. The minimum absolute atomic E-state index is 0.147. The summed E-state index contributed by atoms with van der Waals surface area (Å²) in [5.41, 5.74) is 1.02. The zero-order valence-corrected chi connectivity index (χ0v) is 11.9. The Morgan fingerprint density at radius 3 is 2.44 bits per heavy atom. The van der Waals surface area contributed by atoms with Crippen LogP contribution in [0, 0.1) is 6.92 Å². The molecule has 2 heterocycles. The molecule has 0 spiro atoms. The second-order valence-corrected chi connectivity index (χ2v) is 6.61. The van der Waals surface area contributed by atoms with Gasteiger partial charge >= 0.3 is 0 Å². The fourth-order valence-corrected chi connectivity index (χ4v) is 4.57. The fraction of sp³-hybridized carbons (Fsp3) is 0.667. The van der Waals surface area contributed by atoms with Crippen molar-refractivity contribution in [3.05, 3.63) is 21.9 Å². The Labute approximate surface area is 113 Å². The van der Waals surface area contributed by atoms with Crippen LogP contribution in [0.2, 0.25) is 0 Å². The molecule has 0 atom stereocenters. The van der Waals surface area contributed by atoms with Gasteiger partial charge in [-0.2, -0.15) is 0 Å². The van der Waals surface area contributed by atoms with Crippen molar-refractivity contribution in [2.24, 2.45) is 0 Å². The quantitative estimate of drug-likeness (QED) is 0.776. The van der Waals surface area contributed by atoms with Gasteiger partial charge in [0.25, 0.3) is 0 Å². The summed E-state index contributed by atoms with van der Waals surface area (Å²) in [5, 5.41) is 2.05. The van der Waals surface area contributed by atoms with Crippen LogP contribution in [0.3, 0.4) is 0 Å². The minimum atomic E-state index is -0.147. The van der Waals surface area contributed by atoms with Crippen molar-refractivity contribution in [2.75, 3.05) is 13.1 Å². The Balaban J connectivity index is 1.94. The lowest BCUT2D eigenvalue weighted by Gasteiger charge is -2.37. The summed E-state index contributed by atoms with van der Waals surface area (Å²) in [4.78, 5) is 16.5. The van der Waals surface area contributed by atoms with Crippen molar-refractivity contribution < 1.29 is 4.79 Å². The van der Waals surface area contributed by atoms with E-state index in [0.717, 1.165) is 36.4 Å². The van der Waals surface area contributed by atoms with Crippen molar-refractivity contribution in [2.45, 2.75) is 51.0 Å². The second kappa shape index (κ2) is 4.78. The Kier molecular flexibility index (Phi) is 3.29. The molecule has 1 aromatic rings. The van der Waals surface area contributed by atoms with Crippen molar-refractivity contribution in [3.8, 4) is 0 Å². The van der Waals surface area contributed by atoms with E-state index >= 15 is 0 Å². The predicted octanol–water partition coefficient (Wildman–Crippen LogP) is 3.65. The lowest BCUT2D eigenvalue weighted by atomic mass is 9.88. The molecule has 3 heteroatoms. The van der Waals surface area contributed by atoms with Crippen LogP contribution in [-0.4, -0.2) is 29.3 Å². The van der Waals surface area contributed by atoms with Gasteiger partial charge in [0.05, 0.1) is 10.4 Å². The predicted molar refractivity (Wildman–Crippen MR) is 75.4 cm³/mol. The Bertz CT molecular complexity index is 439. The van der Waals surface area contributed by atoms with Crippen molar-refractivity contribution in [1.82, 2.24) is 4.90 Å². The van der Waals surface area contributed by atoms with Gasteiger partial charge in [-0.1, -0.05) is 12.8 Å². The van der Waals surface area contributed by atoms with Gasteiger partial charge in [0.15, 0.2) is 5.78 Å². The molecule has 0 radical (unpaired) electrons. The number of rotatable bonds is 3. The highest BCUT2D eigenvalue weighted by Crippen LogP contribution is 2.41. The van der Waals surface area contributed by atoms with E-state index < -0.39 is 0 Å². The number of nitrogens with zero attached hydrogens (tertiary/aromatic N) is 1. The van der Waals surface area contributed by atoms with Gasteiger partial charge in [-0.15, -0.1) is 11.3 Å². The first-order chi connectivity index (χ1) is 8.74. The third-order valence-electron chi connectivity index (χ3n) is 4.63. The number of Topliss-reactive ketones (excluding diaryl/α,β-unsaturated/α-hetero) is 1. The van der Waals surface area contributed by atoms with Crippen LogP contribution >= 0.6 is 11.3 Å². The van der Waals surface area contributed by atoms with Crippen LogP contribution in [0.15, 0.2) is 11.4 Å². The molecule has 0 N–H and O–H groups in total.